The summed E-state index contributed by atoms with van der Waals surface area (Å²) in [6.07, 6.45) is 1.52. The second-order valence-corrected chi connectivity index (χ2v) is 9.36. The Hall–Kier alpha value is -1.09. The number of thiophene rings is 1. The predicted octanol–water partition coefficient (Wildman–Crippen LogP) is 4.93. The zero-order valence-corrected chi connectivity index (χ0v) is 18.4. The number of hydrogen-bond donors (Lipinski definition) is 1. The largest absolute Gasteiger partial charge is 0.493 e. The third-order valence-corrected chi connectivity index (χ3v) is 6.93. The van der Waals surface area contributed by atoms with E-state index < -0.39 is 12.0 Å². The number of rotatable bonds is 6. The van der Waals surface area contributed by atoms with Crippen LogP contribution < -0.4 is 9.47 Å². The standard InChI is InChI=1S/C18H19Br2NO4S/c1-24-13-8-10(11(19)9-14(13)25-2)17(15-5-6-16(20)26-15)21-7-3-4-12(21)18(22)23/h5-6,8-9,12,17H,3-4,7H2,1-2H3,(H,22,23). The highest BCUT2D eigenvalue weighted by molar-refractivity contribution is 9.11. The van der Waals surface area contributed by atoms with E-state index >= 15 is 0 Å². The number of hydrogen-bond acceptors (Lipinski definition) is 5. The zero-order valence-electron chi connectivity index (χ0n) is 14.4. The second kappa shape index (κ2) is 8.29. The van der Waals surface area contributed by atoms with E-state index in [0.29, 0.717) is 17.9 Å². The van der Waals surface area contributed by atoms with E-state index in [-0.39, 0.29) is 6.04 Å². The van der Waals surface area contributed by atoms with Crippen molar-refractivity contribution >= 4 is 49.2 Å². The van der Waals surface area contributed by atoms with Gasteiger partial charge in [0, 0.05) is 15.9 Å². The molecule has 0 aliphatic carbocycles. The Morgan fingerprint density at radius 1 is 1.27 bits per heavy atom. The van der Waals surface area contributed by atoms with Gasteiger partial charge in [-0.2, -0.15) is 0 Å². The molecule has 0 bridgehead atoms. The summed E-state index contributed by atoms with van der Waals surface area (Å²) >= 11 is 8.78. The Morgan fingerprint density at radius 2 is 1.96 bits per heavy atom. The molecule has 2 unspecified atom stereocenters. The van der Waals surface area contributed by atoms with Gasteiger partial charge in [-0.25, -0.2) is 0 Å². The van der Waals surface area contributed by atoms with Crippen molar-refractivity contribution < 1.29 is 19.4 Å². The van der Waals surface area contributed by atoms with Gasteiger partial charge in [0.1, 0.15) is 6.04 Å². The number of carboxylic acids is 1. The molecular formula is C18H19Br2NO4S. The van der Waals surface area contributed by atoms with E-state index in [1.807, 2.05) is 24.3 Å². The van der Waals surface area contributed by atoms with Gasteiger partial charge in [-0.15, -0.1) is 11.3 Å². The summed E-state index contributed by atoms with van der Waals surface area (Å²) in [5.41, 5.74) is 0.963. The van der Waals surface area contributed by atoms with Crippen molar-refractivity contribution in [3.05, 3.63) is 43.0 Å². The normalized spacial score (nSPS) is 18.7. The summed E-state index contributed by atoms with van der Waals surface area (Å²) in [5, 5.41) is 9.68. The van der Waals surface area contributed by atoms with Crippen LogP contribution in [0.5, 0.6) is 11.5 Å². The number of benzene rings is 1. The minimum Gasteiger partial charge on any atom is -0.493 e. The van der Waals surface area contributed by atoms with Crippen LogP contribution in [0.3, 0.4) is 0 Å². The number of methoxy groups -OCH3 is 2. The Bertz CT molecular complexity index is 810. The smallest absolute Gasteiger partial charge is 0.320 e. The van der Waals surface area contributed by atoms with Gasteiger partial charge >= 0.3 is 5.97 Å². The molecule has 26 heavy (non-hydrogen) atoms. The summed E-state index contributed by atoms with van der Waals surface area (Å²) in [5.74, 6) is 0.475. The van der Waals surface area contributed by atoms with Crippen LogP contribution in [0.4, 0.5) is 0 Å². The van der Waals surface area contributed by atoms with Gasteiger partial charge in [0.2, 0.25) is 0 Å². The fourth-order valence-corrected chi connectivity index (χ4v) is 5.52. The molecule has 1 saturated heterocycles. The summed E-state index contributed by atoms with van der Waals surface area (Å²) in [7, 11) is 3.20. The van der Waals surface area contributed by atoms with Crippen LogP contribution in [0, 0.1) is 0 Å². The monoisotopic (exact) mass is 503 g/mol. The third-order valence-electron chi connectivity index (χ3n) is 4.57. The molecule has 1 N–H and O–H groups in total. The average Bonchev–Trinajstić information content (AvgIpc) is 3.26. The number of nitrogens with zero attached hydrogens (tertiary/aromatic N) is 1. The third kappa shape index (κ3) is 3.78. The first kappa shape index (κ1) is 19.7. The molecule has 0 amide bonds. The molecule has 0 spiro atoms. The lowest BCUT2D eigenvalue weighted by atomic mass is 10.0. The van der Waals surface area contributed by atoms with Crippen LogP contribution >= 0.6 is 43.2 Å². The highest BCUT2D eigenvalue weighted by Crippen LogP contribution is 2.44. The number of carbonyl (C=O) groups is 1. The lowest BCUT2D eigenvalue weighted by Crippen LogP contribution is -2.39. The summed E-state index contributed by atoms with van der Waals surface area (Å²) in [6, 6.07) is 7.16. The predicted molar refractivity (Wildman–Crippen MR) is 108 cm³/mol. The van der Waals surface area contributed by atoms with Gasteiger partial charge in [-0.1, -0.05) is 15.9 Å². The van der Waals surface area contributed by atoms with Crippen LogP contribution in [0.25, 0.3) is 0 Å². The van der Waals surface area contributed by atoms with Crippen molar-refractivity contribution in [1.29, 1.82) is 0 Å². The Kier molecular flexibility index (Phi) is 6.27. The highest BCUT2D eigenvalue weighted by Gasteiger charge is 2.38. The SMILES string of the molecule is COc1cc(Br)c(C(c2ccc(Br)s2)N2CCCC2C(=O)O)cc1OC. The molecule has 0 saturated carbocycles. The molecule has 1 aliphatic heterocycles. The molecule has 1 aromatic carbocycles. The molecule has 8 heteroatoms. The van der Waals surface area contributed by atoms with Crippen LogP contribution in [-0.4, -0.2) is 42.8 Å². The molecule has 0 radical (unpaired) electrons. The zero-order chi connectivity index (χ0) is 18.8. The van der Waals surface area contributed by atoms with E-state index in [4.69, 9.17) is 9.47 Å². The Labute approximate surface area is 173 Å². The van der Waals surface area contributed by atoms with Crippen molar-refractivity contribution in [2.24, 2.45) is 0 Å². The quantitative estimate of drug-likeness (QED) is 0.604. The number of carboxylic acid groups (broad SMARTS) is 1. The maximum Gasteiger partial charge on any atom is 0.320 e. The fraction of sp³-hybridized carbons (Fsp3) is 0.389. The lowest BCUT2D eigenvalue weighted by Gasteiger charge is -2.32. The van der Waals surface area contributed by atoms with Crippen molar-refractivity contribution in [3.63, 3.8) is 0 Å². The van der Waals surface area contributed by atoms with Crippen molar-refractivity contribution in [2.75, 3.05) is 20.8 Å². The van der Waals surface area contributed by atoms with Gasteiger partial charge < -0.3 is 14.6 Å². The number of aliphatic carboxylic acids is 1. The first-order chi connectivity index (χ1) is 12.5. The molecule has 2 heterocycles. The van der Waals surface area contributed by atoms with Crippen molar-refractivity contribution in [1.82, 2.24) is 4.90 Å². The highest BCUT2D eigenvalue weighted by atomic mass is 79.9. The molecule has 2 aromatic rings. The first-order valence-electron chi connectivity index (χ1n) is 8.11. The fourth-order valence-electron chi connectivity index (χ4n) is 3.41. The first-order valence-corrected chi connectivity index (χ1v) is 10.5. The van der Waals surface area contributed by atoms with E-state index in [1.165, 1.54) is 0 Å². The van der Waals surface area contributed by atoms with Crippen LogP contribution in [0.1, 0.15) is 29.3 Å². The minimum atomic E-state index is -0.778. The molecule has 3 rings (SSSR count). The van der Waals surface area contributed by atoms with Crippen LogP contribution in [-0.2, 0) is 4.79 Å². The van der Waals surface area contributed by atoms with Gasteiger partial charge in [-0.3, -0.25) is 9.69 Å². The topological polar surface area (TPSA) is 59.0 Å². The summed E-state index contributed by atoms with van der Waals surface area (Å²) in [4.78, 5) is 14.9. The van der Waals surface area contributed by atoms with Crippen LogP contribution in [0.2, 0.25) is 0 Å². The molecule has 5 nitrogen and oxygen atoms in total. The van der Waals surface area contributed by atoms with Gasteiger partial charge in [0.25, 0.3) is 0 Å². The molecule has 1 fully saturated rings. The summed E-state index contributed by atoms with van der Waals surface area (Å²) < 4.78 is 12.7. The number of ether oxygens (including phenoxy) is 2. The summed E-state index contributed by atoms with van der Waals surface area (Å²) in [6.45, 7) is 0.734. The van der Waals surface area contributed by atoms with Crippen molar-refractivity contribution in [2.45, 2.75) is 24.9 Å². The molecule has 2 atom stereocenters. The minimum absolute atomic E-state index is 0.177. The lowest BCUT2D eigenvalue weighted by molar-refractivity contribution is -0.142. The average molecular weight is 505 g/mol. The van der Waals surface area contributed by atoms with E-state index in [9.17, 15) is 9.90 Å². The van der Waals surface area contributed by atoms with E-state index in [0.717, 1.165) is 31.7 Å². The molecule has 140 valence electrons. The Morgan fingerprint density at radius 3 is 2.54 bits per heavy atom. The number of likely N-dealkylation sites (tertiary alicyclic amines) is 1. The van der Waals surface area contributed by atoms with E-state index in [1.54, 1.807) is 25.6 Å². The second-order valence-electron chi connectivity index (χ2n) is 6.01. The Balaban J connectivity index is 2.14. The van der Waals surface area contributed by atoms with Crippen molar-refractivity contribution in [3.8, 4) is 11.5 Å². The van der Waals surface area contributed by atoms with Gasteiger partial charge in [0.05, 0.1) is 24.0 Å². The number of halogens is 2. The van der Waals surface area contributed by atoms with Crippen LogP contribution in [0.15, 0.2) is 32.5 Å². The maximum atomic E-state index is 11.8. The molecule has 1 aliphatic rings. The maximum absolute atomic E-state index is 11.8. The van der Waals surface area contributed by atoms with E-state index in [2.05, 4.69) is 36.8 Å². The van der Waals surface area contributed by atoms with Gasteiger partial charge in [-0.05, 0) is 58.6 Å². The van der Waals surface area contributed by atoms with Gasteiger partial charge in [0.15, 0.2) is 11.5 Å². The molecular weight excluding hydrogens is 486 g/mol. The molecule has 1 aromatic heterocycles.